The molecule has 31 heavy (non-hydrogen) atoms. The number of rotatable bonds is 6. The molecule has 0 saturated carbocycles. The lowest BCUT2D eigenvalue weighted by Crippen LogP contribution is -2.12. The van der Waals surface area contributed by atoms with E-state index in [0.29, 0.717) is 34.0 Å². The first-order chi connectivity index (χ1) is 14.8. The minimum Gasteiger partial charge on any atom is -0.459 e. The number of aromatic nitrogens is 2. The molecule has 0 spiro atoms. The lowest BCUT2D eigenvalue weighted by atomic mass is 10.1. The zero-order valence-electron chi connectivity index (χ0n) is 15.8. The largest absolute Gasteiger partial charge is 0.459 e. The van der Waals surface area contributed by atoms with Crippen LogP contribution in [0.3, 0.4) is 0 Å². The number of furan rings is 1. The zero-order valence-corrected chi connectivity index (χ0v) is 18.1. The van der Waals surface area contributed by atoms with Gasteiger partial charge in [-0.25, -0.2) is 4.98 Å². The number of hydrogen-bond acceptors (Lipinski definition) is 5. The van der Waals surface area contributed by atoms with Crippen molar-refractivity contribution in [2.75, 3.05) is 0 Å². The lowest BCUT2D eigenvalue weighted by molar-refractivity contribution is -0.742. The molecule has 2 aromatic heterocycles. The van der Waals surface area contributed by atoms with E-state index in [2.05, 4.69) is 4.98 Å². The van der Waals surface area contributed by atoms with E-state index in [-0.39, 0.29) is 6.10 Å². The van der Waals surface area contributed by atoms with Gasteiger partial charge in [0.25, 0.3) is 5.09 Å². The Bertz CT molecular complexity index is 1160. The molecule has 0 bridgehead atoms. The summed E-state index contributed by atoms with van der Waals surface area (Å²) in [5.41, 5.74) is 1.63. The number of nitrogens with zero attached hydrogens (tertiary/aromatic N) is 3. The third-order valence-corrected chi connectivity index (χ3v) is 5.00. The van der Waals surface area contributed by atoms with Crippen molar-refractivity contribution < 1.29 is 19.4 Å². The van der Waals surface area contributed by atoms with Crippen LogP contribution in [-0.2, 0) is 17.9 Å². The Hall–Kier alpha value is -2.78. The maximum Gasteiger partial charge on any atom is 0.291 e. The molecule has 0 radical (unpaired) electrons. The van der Waals surface area contributed by atoms with Crippen LogP contribution in [0.15, 0.2) is 65.6 Å². The van der Waals surface area contributed by atoms with E-state index in [1.165, 1.54) is 0 Å². The van der Waals surface area contributed by atoms with Gasteiger partial charge in [-0.3, -0.25) is 0 Å². The predicted molar refractivity (Wildman–Crippen MR) is 116 cm³/mol. The second kappa shape index (κ2) is 10.5. The summed E-state index contributed by atoms with van der Waals surface area (Å²) in [6.45, 7) is 0.859. The highest BCUT2D eigenvalue weighted by Crippen LogP contribution is 2.31. The molecule has 1 N–H and O–H groups in total. The summed E-state index contributed by atoms with van der Waals surface area (Å²) in [6, 6.07) is 12.8. The summed E-state index contributed by atoms with van der Waals surface area (Å²) in [4.78, 5) is 12.4. The average molecular weight is 485 g/mol. The van der Waals surface area contributed by atoms with Crippen molar-refractivity contribution in [1.29, 1.82) is 0 Å². The quantitative estimate of drug-likeness (QED) is 0.258. The molecule has 2 aromatic carbocycles. The summed E-state index contributed by atoms with van der Waals surface area (Å²) in [5.74, 6) is 0.716. The molecule has 4 aromatic rings. The fourth-order valence-corrected chi connectivity index (χ4v) is 3.62. The molecule has 1 atom stereocenters. The molecule has 0 aliphatic carbocycles. The van der Waals surface area contributed by atoms with Gasteiger partial charge in [0, 0.05) is 38.4 Å². The molecular formula is C20H16Cl3N3O5. The maximum absolute atomic E-state index is 8.36. The van der Waals surface area contributed by atoms with Crippen molar-refractivity contribution in [3.63, 3.8) is 0 Å². The number of benzene rings is 2. The first-order valence-electron chi connectivity index (χ1n) is 8.85. The van der Waals surface area contributed by atoms with Crippen molar-refractivity contribution in [2.45, 2.75) is 19.3 Å². The van der Waals surface area contributed by atoms with Crippen molar-refractivity contribution in [3.05, 3.63) is 97.7 Å². The molecule has 11 heteroatoms. The zero-order chi connectivity index (χ0) is 22.4. The van der Waals surface area contributed by atoms with Gasteiger partial charge in [-0.2, -0.15) is 0 Å². The molecule has 1 unspecified atom stereocenters. The Morgan fingerprint density at radius 1 is 1.16 bits per heavy atom. The molecule has 8 nitrogen and oxygen atoms in total. The Labute approximate surface area is 191 Å². The number of imidazole rings is 1. The highest BCUT2D eigenvalue weighted by molar-refractivity contribution is 6.35. The van der Waals surface area contributed by atoms with Crippen LogP contribution in [0.2, 0.25) is 15.1 Å². The Morgan fingerprint density at radius 3 is 2.55 bits per heavy atom. The van der Waals surface area contributed by atoms with Crippen LogP contribution in [0.1, 0.15) is 17.4 Å². The lowest BCUT2D eigenvalue weighted by Gasteiger charge is -2.19. The molecule has 162 valence electrons. The van der Waals surface area contributed by atoms with Gasteiger partial charge in [0.05, 0.1) is 12.9 Å². The summed E-state index contributed by atoms with van der Waals surface area (Å²) in [7, 11) is 0. The molecule has 0 fully saturated rings. The highest BCUT2D eigenvalue weighted by atomic mass is 35.5. The normalized spacial score (nSPS) is 11.7. The second-order valence-electron chi connectivity index (χ2n) is 6.36. The van der Waals surface area contributed by atoms with Crippen LogP contribution in [-0.4, -0.2) is 19.8 Å². The Kier molecular flexibility index (Phi) is 7.75. The molecule has 0 amide bonds. The number of hydrogen-bond donors (Lipinski definition) is 1. The van der Waals surface area contributed by atoms with Crippen molar-refractivity contribution in [2.24, 2.45) is 0 Å². The van der Waals surface area contributed by atoms with E-state index >= 15 is 0 Å². The average Bonchev–Trinajstić information content (AvgIpc) is 3.34. The monoisotopic (exact) mass is 483 g/mol. The predicted octanol–water partition coefficient (Wildman–Crippen LogP) is 6.20. The molecule has 0 aliphatic rings. The van der Waals surface area contributed by atoms with E-state index in [4.69, 9.17) is 59.3 Å². The van der Waals surface area contributed by atoms with E-state index < -0.39 is 5.09 Å². The van der Waals surface area contributed by atoms with Crippen LogP contribution in [0.4, 0.5) is 0 Å². The topological polar surface area (TPSA) is 104 Å². The molecule has 2 heterocycles. The summed E-state index contributed by atoms with van der Waals surface area (Å²) >= 11 is 18.5. The summed E-state index contributed by atoms with van der Waals surface area (Å²) in [6.07, 6.45) is 5.05. The SMILES string of the molecule is Clc1ccc(C(Cn2ccnc2)OCc2cc3cc(Cl)ccc3o2)c(Cl)c1.O=[N+]([O-])O. The fourth-order valence-electron chi connectivity index (χ4n) is 2.91. The summed E-state index contributed by atoms with van der Waals surface area (Å²) in [5, 5.41) is 16.4. The van der Waals surface area contributed by atoms with Crippen LogP contribution in [0.5, 0.6) is 0 Å². The number of halogens is 3. The molecule has 4 rings (SSSR count). The van der Waals surface area contributed by atoms with Crippen LogP contribution in [0.25, 0.3) is 11.0 Å². The Balaban J connectivity index is 0.000000628. The summed E-state index contributed by atoms with van der Waals surface area (Å²) < 4.78 is 13.9. The van der Waals surface area contributed by atoms with Crippen molar-refractivity contribution >= 4 is 45.8 Å². The fraction of sp³-hybridized carbons (Fsp3) is 0.150. The van der Waals surface area contributed by atoms with Gasteiger partial charge in [-0.15, -0.1) is 10.1 Å². The van der Waals surface area contributed by atoms with Crippen molar-refractivity contribution in [1.82, 2.24) is 9.55 Å². The number of fused-ring (bicyclic) bond motifs is 1. The standard InChI is InChI=1S/C20H15Cl3N2O2.HNO3/c21-14-2-4-19-13(7-14)8-16(27-19)11-26-20(10-25-6-5-24-12-25)17-3-1-15(22)9-18(17)23;2-1(3)4/h1-9,12,20H,10-11H2;(H,2,3,4). The van der Waals surface area contributed by atoms with E-state index in [9.17, 15) is 0 Å². The van der Waals surface area contributed by atoms with Crippen LogP contribution < -0.4 is 0 Å². The van der Waals surface area contributed by atoms with Gasteiger partial charge in [-0.1, -0.05) is 40.9 Å². The second-order valence-corrected chi connectivity index (χ2v) is 7.64. The Morgan fingerprint density at radius 2 is 1.87 bits per heavy atom. The minimum atomic E-state index is -1.50. The van der Waals surface area contributed by atoms with E-state index in [1.54, 1.807) is 30.7 Å². The van der Waals surface area contributed by atoms with Crippen molar-refractivity contribution in [3.8, 4) is 0 Å². The van der Waals surface area contributed by atoms with Crippen LogP contribution >= 0.6 is 34.8 Å². The third-order valence-electron chi connectivity index (χ3n) is 4.20. The smallest absolute Gasteiger partial charge is 0.291 e. The first-order valence-corrected chi connectivity index (χ1v) is 9.98. The van der Waals surface area contributed by atoms with E-state index in [0.717, 1.165) is 16.5 Å². The van der Waals surface area contributed by atoms with Gasteiger partial charge in [-0.05, 0) is 36.4 Å². The molecule has 0 saturated heterocycles. The van der Waals surface area contributed by atoms with Gasteiger partial charge in [0.1, 0.15) is 24.1 Å². The van der Waals surface area contributed by atoms with Crippen LogP contribution in [0, 0.1) is 10.1 Å². The van der Waals surface area contributed by atoms with E-state index in [1.807, 2.05) is 35.0 Å². The number of ether oxygens (including phenoxy) is 1. The van der Waals surface area contributed by atoms with Gasteiger partial charge < -0.3 is 18.9 Å². The molecular weight excluding hydrogens is 469 g/mol. The van der Waals surface area contributed by atoms with Gasteiger partial charge >= 0.3 is 0 Å². The minimum absolute atomic E-state index is 0.291. The first kappa shape index (κ1) is 22.9. The highest BCUT2D eigenvalue weighted by Gasteiger charge is 2.18. The van der Waals surface area contributed by atoms with Gasteiger partial charge in [0.2, 0.25) is 0 Å². The third kappa shape index (κ3) is 6.60. The van der Waals surface area contributed by atoms with Gasteiger partial charge in [0.15, 0.2) is 0 Å². The molecule has 0 aliphatic heterocycles. The maximum atomic E-state index is 8.36.